The summed E-state index contributed by atoms with van der Waals surface area (Å²) in [4.78, 5) is 12.3. The van der Waals surface area contributed by atoms with Gasteiger partial charge in [0.05, 0.1) is 6.20 Å². The van der Waals surface area contributed by atoms with Crippen LogP contribution in [0.1, 0.15) is 11.1 Å². The summed E-state index contributed by atoms with van der Waals surface area (Å²) in [7, 11) is 0. The summed E-state index contributed by atoms with van der Waals surface area (Å²) in [5.41, 5.74) is 13.8. The molecule has 3 rings (SSSR count). The molecule has 1 unspecified atom stereocenters. The van der Waals surface area contributed by atoms with Crippen molar-refractivity contribution in [2.45, 2.75) is 5.41 Å². The molecule has 0 saturated carbocycles. The quantitative estimate of drug-likeness (QED) is 0.530. The van der Waals surface area contributed by atoms with E-state index in [0.717, 1.165) is 11.1 Å². The third kappa shape index (κ3) is 3.67. The molecule has 1 heterocycles. The Morgan fingerprint density at radius 1 is 1.00 bits per heavy atom. The van der Waals surface area contributed by atoms with Gasteiger partial charge in [0.1, 0.15) is 11.2 Å². The van der Waals surface area contributed by atoms with Crippen molar-refractivity contribution in [1.29, 1.82) is 0 Å². The van der Waals surface area contributed by atoms with Crippen LogP contribution in [0.4, 0.5) is 0 Å². The molecule has 138 valence electrons. The molecule has 0 aliphatic carbocycles. The first kappa shape index (κ1) is 21.5. The maximum absolute atomic E-state index is 12.3. The summed E-state index contributed by atoms with van der Waals surface area (Å²) in [5, 5.41) is 16.2. The predicted octanol–water partition coefficient (Wildman–Crippen LogP) is 2.36. The topological polar surface area (TPSA) is 118 Å². The van der Waals surface area contributed by atoms with Crippen molar-refractivity contribution in [2.24, 2.45) is 11.5 Å². The van der Waals surface area contributed by atoms with Crippen LogP contribution in [0.15, 0.2) is 60.9 Å². The average molecular weight is 395 g/mol. The summed E-state index contributed by atoms with van der Waals surface area (Å²) in [5.74, 6) is -0.420. The summed E-state index contributed by atoms with van der Waals surface area (Å²) >= 11 is 0. The Morgan fingerprint density at radius 3 is 1.96 bits per heavy atom. The maximum Gasteiger partial charge on any atom is 0.233 e. The van der Waals surface area contributed by atoms with Crippen molar-refractivity contribution >= 4 is 30.7 Å². The van der Waals surface area contributed by atoms with E-state index in [-0.39, 0.29) is 37.1 Å². The number of nitrogens with two attached hydrogens (primary N) is 2. The van der Waals surface area contributed by atoms with Gasteiger partial charge in [-0.2, -0.15) is 5.10 Å². The second kappa shape index (κ2) is 8.71. The highest BCUT2D eigenvalue weighted by Crippen LogP contribution is 2.33. The molecule has 3 aromatic rings. The van der Waals surface area contributed by atoms with Crippen LogP contribution in [0.2, 0.25) is 0 Å². The van der Waals surface area contributed by atoms with E-state index in [2.05, 4.69) is 10.2 Å². The Kier molecular flexibility index (Phi) is 7.20. The van der Waals surface area contributed by atoms with Crippen molar-refractivity contribution in [1.82, 2.24) is 10.2 Å². The third-order valence-electron chi connectivity index (χ3n) is 4.30. The normalized spacial score (nSPS) is 12.3. The number of nitrogens with one attached hydrogen (secondary N) is 1. The van der Waals surface area contributed by atoms with E-state index in [1.54, 1.807) is 24.5 Å². The van der Waals surface area contributed by atoms with Crippen LogP contribution in [0.3, 0.4) is 0 Å². The molecule has 0 bridgehead atoms. The van der Waals surface area contributed by atoms with Gasteiger partial charge in [-0.15, -0.1) is 24.8 Å². The zero-order valence-electron chi connectivity index (χ0n) is 13.8. The van der Waals surface area contributed by atoms with Crippen molar-refractivity contribution < 1.29 is 9.90 Å². The summed E-state index contributed by atoms with van der Waals surface area (Å²) < 4.78 is 0. The maximum atomic E-state index is 12.3. The molecule has 0 radical (unpaired) electrons. The number of carbonyl (C=O) groups is 1. The summed E-state index contributed by atoms with van der Waals surface area (Å²) in [6.07, 6.45) is 3.51. The van der Waals surface area contributed by atoms with Crippen LogP contribution >= 0.6 is 24.8 Å². The minimum atomic E-state index is -1.15. The van der Waals surface area contributed by atoms with E-state index in [0.29, 0.717) is 11.1 Å². The van der Waals surface area contributed by atoms with Crippen LogP contribution in [0.25, 0.3) is 11.1 Å². The van der Waals surface area contributed by atoms with Crippen LogP contribution < -0.4 is 11.5 Å². The first-order valence-corrected chi connectivity index (χ1v) is 7.47. The molecule has 0 aliphatic heterocycles. The van der Waals surface area contributed by atoms with E-state index < -0.39 is 11.3 Å². The number of carbonyl (C=O) groups excluding carboxylic acids is 1. The lowest BCUT2D eigenvalue weighted by Gasteiger charge is -2.30. The Morgan fingerprint density at radius 2 is 1.54 bits per heavy atom. The molecule has 1 amide bonds. The van der Waals surface area contributed by atoms with Crippen molar-refractivity contribution in [2.75, 3.05) is 6.54 Å². The lowest BCUT2D eigenvalue weighted by atomic mass is 9.73. The van der Waals surface area contributed by atoms with Crippen molar-refractivity contribution in [3.63, 3.8) is 0 Å². The largest absolute Gasteiger partial charge is 0.508 e. The molecule has 26 heavy (non-hydrogen) atoms. The Bertz CT molecular complexity index is 837. The highest BCUT2D eigenvalue weighted by atomic mass is 35.5. The number of amides is 1. The van der Waals surface area contributed by atoms with Crippen molar-refractivity contribution in [3.8, 4) is 16.9 Å². The number of halogens is 2. The number of hydrogen-bond acceptors (Lipinski definition) is 4. The van der Waals surface area contributed by atoms with Gasteiger partial charge in [0, 0.05) is 18.3 Å². The summed E-state index contributed by atoms with van der Waals surface area (Å²) in [6.45, 7) is 0.0260. The second-order valence-corrected chi connectivity index (χ2v) is 5.58. The van der Waals surface area contributed by atoms with E-state index in [9.17, 15) is 9.90 Å². The standard InChI is InChI=1S/C18H18N4O2.2ClH/c19-11-18(17(20)24,15-5-7-16(23)8-6-15)14-3-1-12(2-4-14)13-9-21-22-10-13;;/h1-10,23H,11,19H2,(H2,20,24)(H,21,22);2*1H. The highest BCUT2D eigenvalue weighted by Gasteiger charge is 2.39. The fraction of sp³-hybridized carbons (Fsp3) is 0.111. The Labute approximate surface area is 163 Å². The number of primary amides is 1. The number of phenolic OH excluding ortho intramolecular Hbond substituents is 1. The summed E-state index contributed by atoms with van der Waals surface area (Å²) in [6, 6.07) is 13.8. The molecule has 8 heteroatoms. The number of H-pyrrole nitrogens is 1. The number of phenols is 1. The van der Waals surface area contributed by atoms with Gasteiger partial charge < -0.3 is 16.6 Å². The van der Waals surface area contributed by atoms with Crippen LogP contribution in [0.5, 0.6) is 5.75 Å². The molecule has 0 aliphatic rings. The van der Waals surface area contributed by atoms with Gasteiger partial charge in [0.15, 0.2) is 0 Å². The fourth-order valence-electron chi connectivity index (χ4n) is 2.89. The van der Waals surface area contributed by atoms with E-state index in [1.165, 1.54) is 12.1 Å². The molecule has 1 aromatic heterocycles. The number of aromatic hydroxyl groups is 1. The fourth-order valence-corrected chi connectivity index (χ4v) is 2.89. The number of rotatable bonds is 5. The molecule has 1 atom stereocenters. The monoisotopic (exact) mass is 394 g/mol. The zero-order valence-corrected chi connectivity index (χ0v) is 15.4. The van der Waals surface area contributed by atoms with Gasteiger partial charge >= 0.3 is 0 Å². The molecule has 2 aromatic carbocycles. The lowest BCUT2D eigenvalue weighted by molar-refractivity contribution is -0.121. The second-order valence-electron chi connectivity index (χ2n) is 5.58. The molecule has 0 saturated heterocycles. The molecular formula is C18H20Cl2N4O2. The van der Waals surface area contributed by atoms with Gasteiger partial charge in [-0.25, -0.2) is 0 Å². The molecule has 0 fully saturated rings. The first-order chi connectivity index (χ1) is 11.6. The van der Waals surface area contributed by atoms with Gasteiger partial charge in [0.25, 0.3) is 0 Å². The van der Waals surface area contributed by atoms with Gasteiger partial charge in [-0.05, 0) is 28.8 Å². The van der Waals surface area contributed by atoms with Gasteiger partial charge in [-0.1, -0.05) is 36.4 Å². The first-order valence-electron chi connectivity index (χ1n) is 7.47. The number of aromatic amines is 1. The molecule has 6 nitrogen and oxygen atoms in total. The Hall–Kier alpha value is -2.54. The van der Waals surface area contributed by atoms with E-state index in [4.69, 9.17) is 11.5 Å². The molecule has 0 spiro atoms. The average Bonchev–Trinajstić information content (AvgIpc) is 3.12. The minimum absolute atomic E-state index is 0. The number of nitrogens with zero attached hydrogens (tertiary/aromatic N) is 1. The number of hydrogen-bond donors (Lipinski definition) is 4. The van der Waals surface area contributed by atoms with Gasteiger partial charge in [-0.3, -0.25) is 9.89 Å². The number of benzene rings is 2. The number of aromatic nitrogens is 2. The van der Waals surface area contributed by atoms with Crippen LogP contribution in [-0.2, 0) is 10.2 Å². The lowest BCUT2D eigenvalue weighted by Crippen LogP contribution is -2.48. The smallest absolute Gasteiger partial charge is 0.233 e. The highest BCUT2D eigenvalue weighted by molar-refractivity contribution is 5.91. The molecular weight excluding hydrogens is 375 g/mol. The van der Waals surface area contributed by atoms with E-state index >= 15 is 0 Å². The van der Waals surface area contributed by atoms with E-state index in [1.807, 2.05) is 24.3 Å². The Balaban J connectivity index is 0.00000169. The minimum Gasteiger partial charge on any atom is -0.508 e. The SMILES string of the molecule is Cl.Cl.NCC(C(N)=O)(c1ccc(O)cc1)c1ccc(-c2cn[nH]c2)cc1. The molecule has 6 N–H and O–H groups in total. The predicted molar refractivity (Wildman–Crippen MR) is 106 cm³/mol. The zero-order chi connectivity index (χ0) is 17.2. The van der Waals surface area contributed by atoms with Crippen LogP contribution in [0, 0.1) is 0 Å². The third-order valence-corrected chi connectivity index (χ3v) is 4.30. The van der Waals surface area contributed by atoms with Gasteiger partial charge in [0.2, 0.25) is 5.91 Å². The van der Waals surface area contributed by atoms with Crippen molar-refractivity contribution in [3.05, 3.63) is 72.1 Å². The van der Waals surface area contributed by atoms with Crippen LogP contribution in [-0.4, -0.2) is 27.8 Å².